The minimum atomic E-state index is -0.523. The lowest BCUT2D eigenvalue weighted by molar-refractivity contribution is -0.126. The molecule has 4 heteroatoms. The number of amides is 1. The van der Waals surface area contributed by atoms with E-state index in [1.807, 2.05) is 13.8 Å². The van der Waals surface area contributed by atoms with Crippen molar-refractivity contribution in [3.8, 4) is 0 Å². The van der Waals surface area contributed by atoms with Gasteiger partial charge >= 0.3 is 0 Å². The summed E-state index contributed by atoms with van der Waals surface area (Å²) in [5.74, 6) is -0.00871. The molecule has 1 unspecified atom stereocenters. The van der Waals surface area contributed by atoms with E-state index in [1.54, 1.807) is 14.0 Å². The highest BCUT2D eigenvalue weighted by Gasteiger charge is 2.24. The highest BCUT2D eigenvalue weighted by Crippen LogP contribution is 2.00. The number of rotatable bonds is 6. The summed E-state index contributed by atoms with van der Waals surface area (Å²) in [6, 6.07) is 0. The van der Waals surface area contributed by atoms with Crippen LogP contribution < -0.4 is 10.6 Å². The molecule has 0 aliphatic rings. The fourth-order valence-electron chi connectivity index (χ4n) is 0.934. The van der Waals surface area contributed by atoms with Gasteiger partial charge in [0.1, 0.15) is 0 Å². The lowest BCUT2D eigenvalue weighted by atomic mass is 10.1. The zero-order chi connectivity index (χ0) is 11.2. The van der Waals surface area contributed by atoms with Crippen molar-refractivity contribution in [3.05, 3.63) is 0 Å². The molecule has 4 nitrogen and oxygen atoms in total. The molecule has 0 aromatic heterocycles. The molecule has 0 aliphatic heterocycles. The first kappa shape index (κ1) is 13.4. The number of aliphatic hydroxyl groups is 1. The van der Waals surface area contributed by atoms with Gasteiger partial charge in [-0.25, -0.2) is 0 Å². The van der Waals surface area contributed by atoms with Crippen molar-refractivity contribution in [2.75, 3.05) is 13.6 Å². The van der Waals surface area contributed by atoms with Crippen LogP contribution in [0.3, 0.4) is 0 Å². The Morgan fingerprint density at radius 3 is 2.50 bits per heavy atom. The van der Waals surface area contributed by atoms with Gasteiger partial charge < -0.3 is 15.7 Å². The van der Waals surface area contributed by atoms with Crippen molar-refractivity contribution in [2.24, 2.45) is 0 Å². The smallest absolute Gasteiger partial charge is 0.239 e. The van der Waals surface area contributed by atoms with Crippen molar-refractivity contribution in [1.82, 2.24) is 10.6 Å². The molecule has 3 N–H and O–H groups in total. The first-order valence-electron chi connectivity index (χ1n) is 5.05. The minimum absolute atomic E-state index is 0.00871. The summed E-state index contributed by atoms with van der Waals surface area (Å²) in [4.78, 5) is 11.5. The van der Waals surface area contributed by atoms with E-state index >= 15 is 0 Å². The van der Waals surface area contributed by atoms with E-state index in [2.05, 4.69) is 10.6 Å². The number of carbonyl (C=O) groups is 1. The Bertz CT molecular complexity index is 179. The van der Waals surface area contributed by atoms with E-state index in [9.17, 15) is 4.79 Å². The van der Waals surface area contributed by atoms with E-state index in [1.165, 1.54) is 0 Å². The van der Waals surface area contributed by atoms with Gasteiger partial charge in [0.15, 0.2) is 0 Å². The Balaban J connectivity index is 3.64. The molecule has 0 aliphatic carbocycles. The molecule has 0 radical (unpaired) electrons. The van der Waals surface area contributed by atoms with Gasteiger partial charge in [-0.15, -0.1) is 0 Å². The molecule has 0 aromatic rings. The fraction of sp³-hybridized carbons (Fsp3) is 0.900. The quantitative estimate of drug-likeness (QED) is 0.541. The van der Waals surface area contributed by atoms with E-state index in [0.29, 0.717) is 6.54 Å². The largest absolute Gasteiger partial charge is 0.393 e. The number of hydrogen-bond donors (Lipinski definition) is 3. The number of carbonyl (C=O) groups excluding carboxylic acids is 1. The number of aliphatic hydroxyl groups excluding tert-OH is 1. The monoisotopic (exact) mass is 202 g/mol. The summed E-state index contributed by atoms with van der Waals surface area (Å²) in [5.41, 5.74) is -0.523. The van der Waals surface area contributed by atoms with Gasteiger partial charge in [0.05, 0.1) is 11.6 Å². The van der Waals surface area contributed by atoms with Crippen LogP contribution in [-0.4, -0.2) is 36.2 Å². The molecular weight excluding hydrogens is 180 g/mol. The molecule has 0 bridgehead atoms. The lowest BCUT2D eigenvalue weighted by Crippen LogP contribution is -2.51. The molecule has 0 saturated carbocycles. The topological polar surface area (TPSA) is 61.4 Å². The van der Waals surface area contributed by atoms with Crippen molar-refractivity contribution in [1.29, 1.82) is 0 Å². The van der Waals surface area contributed by atoms with Crippen LogP contribution in [0.2, 0.25) is 0 Å². The van der Waals surface area contributed by atoms with Crippen LogP contribution >= 0.6 is 0 Å². The maximum Gasteiger partial charge on any atom is 0.239 e. The molecule has 0 heterocycles. The van der Waals surface area contributed by atoms with Crippen LogP contribution in [0, 0.1) is 0 Å². The van der Waals surface area contributed by atoms with E-state index in [4.69, 9.17) is 5.11 Å². The Hall–Kier alpha value is -0.610. The van der Waals surface area contributed by atoms with E-state index < -0.39 is 5.54 Å². The van der Waals surface area contributed by atoms with Gasteiger partial charge in [0.2, 0.25) is 5.91 Å². The summed E-state index contributed by atoms with van der Waals surface area (Å²) in [7, 11) is 1.76. The molecule has 1 atom stereocenters. The second kappa shape index (κ2) is 5.98. The molecule has 0 saturated heterocycles. The molecule has 84 valence electrons. The highest BCUT2D eigenvalue weighted by atomic mass is 16.3. The standard InChI is InChI=1S/C10H22N2O2/c1-8(13)6-5-7-12-9(14)10(2,3)11-4/h8,11,13H,5-7H2,1-4H3,(H,12,14). The fourth-order valence-corrected chi connectivity index (χ4v) is 0.934. The third-order valence-corrected chi connectivity index (χ3v) is 2.28. The predicted octanol–water partition coefficient (Wildman–Crippen LogP) is 0.262. The van der Waals surface area contributed by atoms with E-state index in [0.717, 1.165) is 12.8 Å². The average molecular weight is 202 g/mol. The third-order valence-electron chi connectivity index (χ3n) is 2.28. The second-order valence-corrected chi connectivity index (χ2v) is 4.12. The summed E-state index contributed by atoms with van der Waals surface area (Å²) in [5, 5.41) is 14.7. The molecule has 0 spiro atoms. The normalized spacial score (nSPS) is 13.8. The first-order valence-corrected chi connectivity index (χ1v) is 5.05. The lowest BCUT2D eigenvalue weighted by Gasteiger charge is -2.22. The Labute approximate surface area is 86.1 Å². The molecule has 14 heavy (non-hydrogen) atoms. The van der Waals surface area contributed by atoms with Gasteiger partial charge in [-0.3, -0.25) is 4.79 Å². The van der Waals surface area contributed by atoms with Crippen molar-refractivity contribution in [3.63, 3.8) is 0 Å². The van der Waals surface area contributed by atoms with Gasteiger partial charge in [-0.05, 0) is 40.7 Å². The first-order chi connectivity index (χ1) is 6.40. The summed E-state index contributed by atoms with van der Waals surface area (Å²) < 4.78 is 0. The zero-order valence-electron chi connectivity index (χ0n) is 9.55. The Morgan fingerprint density at radius 2 is 2.07 bits per heavy atom. The minimum Gasteiger partial charge on any atom is -0.393 e. The van der Waals surface area contributed by atoms with Crippen molar-refractivity contribution in [2.45, 2.75) is 45.3 Å². The zero-order valence-corrected chi connectivity index (χ0v) is 9.55. The number of nitrogens with one attached hydrogen (secondary N) is 2. The summed E-state index contributed by atoms with van der Waals surface area (Å²) in [6.45, 7) is 6.03. The van der Waals surface area contributed by atoms with Crippen LogP contribution in [0.15, 0.2) is 0 Å². The Morgan fingerprint density at radius 1 is 1.50 bits per heavy atom. The van der Waals surface area contributed by atoms with Crippen molar-refractivity contribution >= 4 is 5.91 Å². The maximum atomic E-state index is 11.5. The van der Waals surface area contributed by atoms with Crippen LogP contribution in [0.5, 0.6) is 0 Å². The van der Waals surface area contributed by atoms with Crippen LogP contribution in [0.25, 0.3) is 0 Å². The third kappa shape index (κ3) is 5.19. The average Bonchev–Trinajstić information content (AvgIpc) is 2.11. The van der Waals surface area contributed by atoms with Gasteiger partial charge in [-0.2, -0.15) is 0 Å². The molecule has 0 aromatic carbocycles. The van der Waals surface area contributed by atoms with Gasteiger partial charge in [0.25, 0.3) is 0 Å². The van der Waals surface area contributed by atoms with Gasteiger partial charge in [0, 0.05) is 6.54 Å². The van der Waals surface area contributed by atoms with Crippen LogP contribution in [0.1, 0.15) is 33.6 Å². The van der Waals surface area contributed by atoms with E-state index in [-0.39, 0.29) is 12.0 Å². The summed E-state index contributed by atoms with van der Waals surface area (Å²) in [6.07, 6.45) is 1.24. The molecular formula is C10H22N2O2. The van der Waals surface area contributed by atoms with Crippen molar-refractivity contribution < 1.29 is 9.90 Å². The maximum absolute atomic E-state index is 11.5. The second-order valence-electron chi connectivity index (χ2n) is 4.12. The predicted molar refractivity (Wildman–Crippen MR) is 57.1 cm³/mol. The van der Waals surface area contributed by atoms with Crippen LogP contribution in [0.4, 0.5) is 0 Å². The molecule has 0 fully saturated rings. The van der Waals surface area contributed by atoms with Gasteiger partial charge in [-0.1, -0.05) is 0 Å². The molecule has 0 rings (SSSR count). The number of hydrogen-bond acceptors (Lipinski definition) is 3. The van der Waals surface area contributed by atoms with Crippen LogP contribution in [-0.2, 0) is 4.79 Å². The molecule has 1 amide bonds. The number of likely N-dealkylation sites (N-methyl/N-ethyl adjacent to an activating group) is 1. The Kier molecular flexibility index (Phi) is 5.72. The summed E-state index contributed by atoms with van der Waals surface area (Å²) >= 11 is 0. The highest BCUT2D eigenvalue weighted by molar-refractivity contribution is 5.85. The SMILES string of the molecule is CNC(C)(C)C(=O)NCCCC(C)O.